The van der Waals surface area contributed by atoms with Gasteiger partial charge in [0, 0.05) is 15.6 Å². The topological polar surface area (TPSA) is 76.3 Å². The Hall–Kier alpha value is -2.84. The minimum Gasteiger partial charge on any atom is -0.272 e. The molecule has 3 aromatic carbocycles. The second kappa shape index (κ2) is 10.6. The fourth-order valence-electron chi connectivity index (χ4n) is 3.18. The Bertz CT molecular complexity index is 1470. The number of fused-ring (bicyclic) bond motifs is 1. The van der Waals surface area contributed by atoms with Crippen LogP contribution in [0.1, 0.15) is 12.5 Å². The summed E-state index contributed by atoms with van der Waals surface area (Å²) in [5.41, 5.74) is 4.62. The van der Waals surface area contributed by atoms with Gasteiger partial charge >= 0.3 is 0 Å². The molecule has 10 heteroatoms. The summed E-state index contributed by atoms with van der Waals surface area (Å²) in [7, 11) is 0. The lowest BCUT2D eigenvalue weighted by atomic mass is 10.1. The van der Waals surface area contributed by atoms with E-state index in [4.69, 9.17) is 34.8 Å². The van der Waals surface area contributed by atoms with Gasteiger partial charge in [0.15, 0.2) is 5.16 Å². The molecule has 0 fully saturated rings. The number of nitrogens with zero attached hydrogens (tertiary/aromatic N) is 3. The Labute approximate surface area is 214 Å². The highest BCUT2D eigenvalue weighted by molar-refractivity contribution is 7.99. The average molecular weight is 532 g/mol. The molecule has 172 valence electrons. The number of nitrogens with one attached hydrogen (secondary N) is 1. The number of thioether (sulfide) groups is 1. The summed E-state index contributed by atoms with van der Waals surface area (Å²) in [5.74, 6) is -0.372. The van der Waals surface area contributed by atoms with Crippen LogP contribution < -0.4 is 11.0 Å². The predicted octanol–water partition coefficient (Wildman–Crippen LogP) is 5.98. The van der Waals surface area contributed by atoms with Crippen LogP contribution in [0.15, 0.2) is 81.8 Å². The van der Waals surface area contributed by atoms with E-state index in [2.05, 4.69) is 15.5 Å². The number of hydrogen-bond acceptors (Lipinski definition) is 5. The van der Waals surface area contributed by atoms with Crippen molar-refractivity contribution in [1.29, 1.82) is 0 Å². The van der Waals surface area contributed by atoms with Gasteiger partial charge in [0.05, 0.1) is 33.1 Å². The Morgan fingerprint density at radius 1 is 1.03 bits per heavy atom. The largest absolute Gasteiger partial charge is 0.272 e. The van der Waals surface area contributed by atoms with E-state index in [-0.39, 0.29) is 17.2 Å². The summed E-state index contributed by atoms with van der Waals surface area (Å²) in [4.78, 5) is 30.4. The van der Waals surface area contributed by atoms with E-state index in [0.717, 1.165) is 11.8 Å². The summed E-state index contributed by atoms with van der Waals surface area (Å²) in [5, 5.41) is 6.48. The van der Waals surface area contributed by atoms with Crippen molar-refractivity contribution < 1.29 is 4.79 Å². The molecule has 6 nitrogen and oxygen atoms in total. The van der Waals surface area contributed by atoms with E-state index in [0.29, 0.717) is 48.1 Å². The van der Waals surface area contributed by atoms with E-state index in [1.165, 1.54) is 4.57 Å². The molecular formula is C24H17Cl3N4O2S. The average Bonchev–Trinajstić information content (AvgIpc) is 2.82. The molecule has 0 aliphatic rings. The number of halogens is 3. The Morgan fingerprint density at radius 3 is 2.47 bits per heavy atom. The number of aromatic nitrogens is 2. The van der Waals surface area contributed by atoms with Gasteiger partial charge in [-0.2, -0.15) is 5.10 Å². The monoisotopic (exact) mass is 530 g/mol. The zero-order chi connectivity index (χ0) is 24.2. The number of benzene rings is 3. The first-order chi connectivity index (χ1) is 16.3. The lowest BCUT2D eigenvalue weighted by molar-refractivity contribution is -0.118. The summed E-state index contributed by atoms with van der Waals surface area (Å²) >= 11 is 19.3. The second-order valence-electron chi connectivity index (χ2n) is 7.17. The smallest absolute Gasteiger partial charge is 0.266 e. The van der Waals surface area contributed by atoms with Crippen molar-refractivity contribution in [2.75, 3.05) is 5.75 Å². The first-order valence-electron chi connectivity index (χ1n) is 10.0. The molecule has 1 amide bonds. The van der Waals surface area contributed by atoms with E-state index >= 15 is 0 Å². The Kier molecular flexibility index (Phi) is 7.58. The highest BCUT2D eigenvalue weighted by Crippen LogP contribution is 2.23. The van der Waals surface area contributed by atoms with Crippen LogP contribution in [0.25, 0.3) is 16.6 Å². The van der Waals surface area contributed by atoms with Gasteiger partial charge in [-0.3, -0.25) is 14.2 Å². The molecule has 0 aliphatic carbocycles. The Balaban J connectivity index is 1.58. The van der Waals surface area contributed by atoms with E-state index in [1.54, 1.807) is 67.6 Å². The number of rotatable bonds is 6. The molecule has 0 bridgehead atoms. The van der Waals surface area contributed by atoms with Crippen LogP contribution in [-0.2, 0) is 4.79 Å². The molecule has 1 N–H and O–H groups in total. The molecule has 34 heavy (non-hydrogen) atoms. The van der Waals surface area contributed by atoms with Crippen molar-refractivity contribution in [3.63, 3.8) is 0 Å². The summed E-state index contributed by atoms with van der Waals surface area (Å²) < 4.78 is 1.47. The molecule has 0 radical (unpaired) electrons. The quantitative estimate of drug-likeness (QED) is 0.144. The minimum atomic E-state index is -0.362. The first kappa shape index (κ1) is 24.3. The molecule has 0 aliphatic heterocycles. The van der Waals surface area contributed by atoms with Crippen LogP contribution in [0.2, 0.25) is 15.1 Å². The predicted molar refractivity (Wildman–Crippen MR) is 140 cm³/mol. The number of amides is 1. The molecule has 0 saturated carbocycles. The van der Waals surface area contributed by atoms with Gasteiger partial charge in [-0.15, -0.1) is 0 Å². The highest BCUT2D eigenvalue weighted by atomic mass is 35.5. The fraction of sp³-hybridized carbons (Fsp3) is 0.0833. The number of hydrazone groups is 1. The molecule has 4 rings (SSSR count). The summed E-state index contributed by atoms with van der Waals surface area (Å²) in [6, 6.07) is 19.0. The van der Waals surface area contributed by atoms with Crippen LogP contribution in [0.3, 0.4) is 0 Å². The molecule has 0 saturated heterocycles. The molecule has 0 spiro atoms. The van der Waals surface area contributed by atoms with Crippen LogP contribution in [0.5, 0.6) is 0 Å². The third-order valence-corrected chi connectivity index (χ3v) is 6.57. The van der Waals surface area contributed by atoms with Gasteiger partial charge in [-0.1, -0.05) is 64.8 Å². The van der Waals surface area contributed by atoms with Gasteiger partial charge in [-0.25, -0.2) is 10.4 Å². The molecular weight excluding hydrogens is 515 g/mol. The maximum absolute atomic E-state index is 13.2. The molecule has 1 aromatic heterocycles. The van der Waals surface area contributed by atoms with Crippen molar-refractivity contribution in [2.45, 2.75) is 12.1 Å². The third-order valence-electron chi connectivity index (χ3n) is 4.83. The van der Waals surface area contributed by atoms with Crippen molar-refractivity contribution in [3.05, 3.63) is 97.7 Å². The molecule has 1 heterocycles. The lowest BCUT2D eigenvalue weighted by Gasteiger charge is -2.13. The number of hydrogen-bond donors (Lipinski definition) is 1. The maximum atomic E-state index is 13.2. The van der Waals surface area contributed by atoms with Crippen LogP contribution in [0, 0.1) is 0 Å². The van der Waals surface area contributed by atoms with Gasteiger partial charge < -0.3 is 0 Å². The minimum absolute atomic E-state index is 0.0104. The molecule has 0 unspecified atom stereocenters. The molecule has 4 aromatic rings. The zero-order valence-electron chi connectivity index (χ0n) is 17.8. The van der Waals surface area contributed by atoms with Crippen LogP contribution in [-0.4, -0.2) is 26.9 Å². The third kappa shape index (κ3) is 5.45. The van der Waals surface area contributed by atoms with Gasteiger partial charge in [0.2, 0.25) is 0 Å². The normalized spacial score (nSPS) is 11.6. The number of carbonyl (C=O) groups excluding carboxylic acids is 1. The summed E-state index contributed by atoms with van der Waals surface area (Å²) in [6.07, 6.45) is 0. The van der Waals surface area contributed by atoms with Crippen LogP contribution in [0.4, 0.5) is 0 Å². The fourth-order valence-corrected chi connectivity index (χ4v) is 4.66. The van der Waals surface area contributed by atoms with Gasteiger partial charge in [0.1, 0.15) is 0 Å². The van der Waals surface area contributed by atoms with E-state index < -0.39 is 0 Å². The lowest BCUT2D eigenvalue weighted by Crippen LogP contribution is -2.24. The van der Waals surface area contributed by atoms with Crippen LogP contribution >= 0.6 is 46.6 Å². The second-order valence-corrected chi connectivity index (χ2v) is 9.40. The van der Waals surface area contributed by atoms with E-state index in [9.17, 15) is 9.59 Å². The number of carbonyl (C=O) groups is 1. The van der Waals surface area contributed by atoms with E-state index in [1.807, 2.05) is 6.07 Å². The van der Waals surface area contributed by atoms with Crippen molar-refractivity contribution in [1.82, 2.24) is 15.0 Å². The number of para-hydroxylation sites is 1. The standard InChI is InChI=1S/C24H17Cl3N4O2S/c1-14(18-11-8-16(26)12-20(18)27)29-30-22(32)13-34-24-28-21-5-3-2-4-19(21)23(33)31(24)17-9-6-15(25)7-10-17/h2-12H,13H2,1H3,(H,30,32). The SMILES string of the molecule is CC(=NNC(=O)CSc1nc2ccccc2c(=O)n1-c1ccc(Cl)cc1)c1ccc(Cl)cc1Cl. The van der Waals surface area contributed by atoms with Gasteiger partial charge in [-0.05, 0) is 55.5 Å². The van der Waals surface area contributed by atoms with Gasteiger partial charge in [0.25, 0.3) is 11.5 Å². The van der Waals surface area contributed by atoms with Crippen molar-refractivity contribution >= 4 is 69.1 Å². The van der Waals surface area contributed by atoms with Crippen molar-refractivity contribution in [2.24, 2.45) is 5.10 Å². The first-order valence-corrected chi connectivity index (χ1v) is 12.1. The van der Waals surface area contributed by atoms with Crippen molar-refractivity contribution in [3.8, 4) is 5.69 Å². The summed E-state index contributed by atoms with van der Waals surface area (Å²) in [6.45, 7) is 1.73. The Morgan fingerprint density at radius 2 is 1.74 bits per heavy atom. The maximum Gasteiger partial charge on any atom is 0.266 e. The highest BCUT2D eigenvalue weighted by Gasteiger charge is 2.15. The molecule has 0 atom stereocenters. The zero-order valence-corrected chi connectivity index (χ0v) is 20.8.